The van der Waals surface area contributed by atoms with Crippen molar-refractivity contribution in [1.82, 2.24) is 10.2 Å². The molecule has 0 aliphatic carbocycles. The van der Waals surface area contributed by atoms with Crippen LogP contribution in [0.3, 0.4) is 0 Å². The number of rotatable bonds is 1. The number of fused-ring (bicyclic) bond motifs is 1. The Balaban J connectivity index is 1.69. The molecule has 1 fully saturated rings. The van der Waals surface area contributed by atoms with Crippen molar-refractivity contribution in [3.8, 4) is 0 Å². The van der Waals surface area contributed by atoms with Gasteiger partial charge in [0.25, 0.3) is 0 Å². The monoisotopic (exact) mass is 260 g/mol. The fourth-order valence-electron chi connectivity index (χ4n) is 3.00. The molecule has 2 heterocycles. The lowest BCUT2D eigenvalue weighted by molar-refractivity contribution is -0.136. The normalized spacial score (nSPS) is 26.9. The number of β-amino-alcohol motifs (C(OH)–C–C–N with tert-alkyl or cyclic N) is 1. The minimum absolute atomic E-state index is 0.133. The largest absolute Gasteiger partial charge is 0.391 e. The lowest BCUT2D eigenvalue weighted by Gasteiger charge is -2.34. The molecule has 0 aromatic heterocycles. The van der Waals surface area contributed by atoms with Gasteiger partial charge in [0.1, 0.15) is 0 Å². The number of carbonyl (C=O) groups excluding carboxylic acids is 1. The molecule has 1 saturated heterocycles. The number of benzene rings is 1. The van der Waals surface area contributed by atoms with E-state index < -0.39 is 0 Å². The third-order valence-corrected chi connectivity index (χ3v) is 4.09. The summed E-state index contributed by atoms with van der Waals surface area (Å²) in [6.07, 6.45) is 2.11. The highest BCUT2D eigenvalue weighted by molar-refractivity contribution is 5.82. The lowest BCUT2D eigenvalue weighted by atomic mass is 9.94. The van der Waals surface area contributed by atoms with E-state index in [0.717, 1.165) is 32.4 Å². The van der Waals surface area contributed by atoms with Crippen LogP contribution in [0.15, 0.2) is 24.3 Å². The standard InChI is InChI=1S/C15H20N2O2/c18-13-6-3-7-17(10-13)15(19)14-8-11-4-1-2-5-12(11)9-16-14/h1-2,4-5,13-14,16,18H,3,6-10H2/t13?,14-/m0/s1. The molecule has 2 N–H and O–H groups in total. The molecule has 0 spiro atoms. The second-order valence-corrected chi connectivity index (χ2v) is 5.49. The predicted molar refractivity (Wildman–Crippen MR) is 72.6 cm³/mol. The summed E-state index contributed by atoms with van der Waals surface area (Å²) in [6.45, 7) is 2.01. The van der Waals surface area contributed by atoms with Crippen molar-refractivity contribution in [2.75, 3.05) is 13.1 Å². The highest BCUT2D eigenvalue weighted by Crippen LogP contribution is 2.19. The highest BCUT2D eigenvalue weighted by Gasteiger charge is 2.30. The molecule has 19 heavy (non-hydrogen) atoms. The number of nitrogens with one attached hydrogen (secondary N) is 1. The maximum absolute atomic E-state index is 12.5. The molecule has 1 aromatic carbocycles. The van der Waals surface area contributed by atoms with E-state index in [1.165, 1.54) is 11.1 Å². The van der Waals surface area contributed by atoms with Gasteiger partial charge in [-0.15, -0.1) is 0 Å². The maximum Gasteiger partial charge on any atom is 0.240 e. The van der Waals surface area contributed by atoms with E-state index >= 15 is 0 Å². The van der Waals surface area contributed by atoms with Gasteiger partial charge in [0.2, 0.25) is 5.91 Å². The van der Waals surface area contributed by atoms with Gasteiger partial charge in [-0.05, 0) is 30.4 Å². The minimum atomic E-state index is -0.353. The molecule has 1 aromatic rings. The number of amides is 1. The minimum Gasteiger partial charge on any atom is -0.391 e. The topological polar surface area (TPSA) is 52.6 Å². The fourth-order valence-corrected chi connectivity index (χ4v) is 3.00. The molecule has 102 valence electrons. The summed E-state index contributed by atoms with van der Waals surface area (Å²) in [4.78, 5) is 14.3. The van der Waals surface area contributed by atoms with Gasteiger partial charge in [0, 0.05) is 19.6 Å². The average molecular weight is 260 g/mol. The number of piperidine rings is 1. The number of aliphatic hydroxyl groups is 1. The van der Waals surface area contributed by atoms with E-state index in [0.29, 0.717) is 6.54 Å². The first kappa shape index (κ1) is 12.6. The van der Waals surface area contributed by atoms with Gasteiger partial charge in [0.05, 0.1) is 12.1 Å². The molecule has 3 rings (SSSR count). The summed E-state index contributed by atoms with van der Waals surface area (Å²) in [5.74, 6) is 0.133. The van der Waals surface area contributed by atoms with Gasteiger partial charge in [-0.3, -0.25) is 4.79 Å². The van der Waals surface area contributed by atoms with Crippen LogP contribution < -0.4 is 5.32 Å². The average Bonchev–Trinajstić information content (AvgIpc) is 2.46. The Morgan fingerprint density at radius 1 is 1.32 bits per heavy atom. The summed E-state index contributed by atoms with van der Waals surface area (Å²) in [6, 6.07) is 8.12. The second-order valence-electron chi connectivity index (χ2n) is 5.49. The molecule has 2 atom stereocenters. The van der Waals surface area contributed by atoms with Crippen molar-refractivity contribution in [3.05, 3.63) is 35.4 Å². The highest BCUT2D eigenvalue weighted by atomic mass is 16.3. The molecule has 1 amide bonds. The molecule has 2 aliphatic heterocycles. The lowest BCUT2D eigenvalue weighted by Crippen LogP contribution is -2.52. The molecule has 0 radical (unpaired) electrons. The first-order valence-corrected chi connectivity index (χ1v) is 7.01. The van der Waals surface area contributed by atoms with E-state index in [2.05, 4.69) is 17.4 Å². The molecule has 1 unspecified atom stereocenters. The van der Waals surface area contributed by atoms with Crippen molar-refractivity contribution in [3.63, 3.8) is 0 Å². The summed E-state index contributed by atoms with van der Waals surface area (Å²) >= 11 is 0. The number of carbonyl (C=O) groups is 1. The Bertz CT molecular complexity index is 475. The zero-order chi connectivity index (χ0) is 13.2. The smallest absolute Gasteiger partial charge is 0.240 e. The van der Waals surface area contributed by atoms with Crippen LogP contribution in [0.5, 0.6) is 0 Å². The van der Waals surface area contributed by atoms with E-state index in [1.807, 2.05) is 12.1 Å². The summed E-state index contributed by atoms with van der Waals surface area (Å²) in [5, 5.41) is 13.0. The second kappa shape index (κ2) is 5.31. The predicted octanol–water partition coefficient (Wildman–Crippen LogP) is 0.684. The van der Waals surface area contributed by atoms with E-state index in [-0.39, 0.29) is 18.1 Å². The van der Waals surface area contributed by atoms with Crippen LogP contribution in [-0.2, 0) is 17.8 Å². The Hall–Kier alpha value is -1.39. The van der Waals surface area contributed by atoms with Crippen molar-refractivity contribution < 1.29 is 9.90 Å². The molecular formula is C15H20N2O2. The van der Waals surface area contributed by atoms with Crippen LogP contribution in [0.4, 0.5) is 0 Å². The van der Waals surface area contributed by atoms with Crippen LogP contribution in [0.2, 0.25) is 0 Å². The summed E-state index contributed by atoms with van der Waals surface area (Å²) < 4.78 is 0. The molecular weight excluding hydrogens is 240 g/mol. The fraction of sp³-hybridized carbons (Fsp3) is 0.533. The third kappa shape index (κ3) is 2.65. The van der Waals surface area contributed by atoms with Crippen molar-refractivity contribution >= 4 is 5.91 Å². The SMILES string of the molecule is O=C([C@@H]1Cc2ccccc2CN1)N1CCCC(O)C1. The molecule has 2 aliphatic rings. The molecule has 0 bridgehead atoms. The Kier molecular flexibility index (Phi) is 3.53. The Morgan fingerprint density at radius 3 is 2.89 bits per heavy atom. The number of aliphatic hydroxyl groups excluding tert-OH is 1. The Labute approximate surface area is 113 Å². The van der Waals surface area contributed by atoms with Gasteiger partial charge >= 0.3 is 0 Å². The van der Waals surface area contributed by atoms with Crippen molar-refractivity contribution in [1.29, 1.82) is 0 Å². The van der Waals surface area contributed by atoms with Gasteiger partial charge in [-0.1, -0.05) is 24.3 Å². The van der Waals surface area contributed by atoms with Crippen molar-refractivity contribution in [2.45, 2.75) is 38.0 Å². The van der Waals surface area contributed by atoms with Gasteiger partial charge in [-0.2, -0.15) is 0 Å². The summed E-state index contributed by atoms with van der Waals surface area (Å²) in [7, 11) is 0. The van der Waals surface area contributed by atoms with E-state index in [4.69, 9.17) is 0 Å². The van der Waals surface area contributed by atoms with Crippen LogP contribution in [0, 0.1) is 0 Å². The van der Waals surface area contributed by atoms with Crippen LogP contribution in [0.25, 0.3) is 0 Å². The van der Waals surface area contributed by atoms with E-state index in [1.54, 1.807) is 4.90 Å². The zero-order valence-corrected chi connectivity index (χ0v) is 11.0. The van der Waals surface area contributed by atoms with Crippen LogP contribution in [0.1, 0.15) is 24.0 Å². The van der Waals surface area contributed by atoms with Crippen LogP contribution >= 0.6 is 0 Å². The number of nitrogens with zero attached hydrogens (tertiary/aromatic N) is 1. The number of hydrogen-bond donors (Lipinski definition) is 2. The quantitative estimate of drug-likeness (QED) is 0.781. The van der Waals surface area contributed by atoms with Gasteiger partial charge < -0.3 is 15.3 Å². The summed E-state index contributed by atoms with van der Waals surface area (Å²) in [5.41, 5.74) is 2.54. The molecule has 0 saturated carbocycles. The molecule has 4 heteroatoms. The first-order chi connectivity index (χ1) is 9.24. The number of likely N-dealkylation sites (tertiary alicyclic amines) is 1. The Morgan fingerprint density at radius 2 is 2.11 bits per heavy atom. The van der Waals surface area contributed by atoms with Crippen molar-refractivity contribution in [2.24, 2.45) is 0 Å². The maximum atomic E-state index is 12.5. The van der Waals surface area contributed by atoms with E-state index in [9.17, 15) is 9.90 Å². The third-order valence-electron chi connectivity index (χ3n) is 4.09. The number of hydrogen-bond acceptors (Lipinski definition) is 3. The van der Waals surface area contributed by atoms with Gasteiger partial charge in [-0.25, -0.2) is 0 Å². The zero-order valence-electron chi connectivity index (χ0n) is 11.0. The van der Waals surface area contributed by atoms with Crippen LogP contribution in [-0.4, -0.2) is 41.1 Å². The first-order valence-electron chi connectivity index (χ1n) is 7.01. The van der Waals surface area contributed by atoms with Gasteiger partial charge in [0.15, 0.2) is 0 Å². The molecule has 4 nitrogen and oxygen atoms in total.